The number of anilines is 1. The molecule has 0 spiro atoms. The molecule has 0 heterocycles. The highest BCUT2D eigenvalue weighted by Gasteiger charge is 2.33. The molecule has 0 amide bonds. The second-order valence-electron chi connectivity index (χ2n) is 3.50. The van der Waals surface area contributed by atoms with Gasteiger partial charge in [-0.15, -0.1) is 0 Å². The topological polar surface area (TPSA) is 12.0 Å². The summed E-state index contributed by atoms with van der Waals surface area (Å²) in [6.07, 6.45) is -4.36. The largest absolute Gasteiger partial charge is 0.418 e. The molecule has 1 rings (SSSR count). The molecule has 0 radical (unpaired) electrons. The van der Waals surface area contributed by atoms with Crippen molar-refractivity contribution in [3.63, 3.8) is 0 Å². The normalized spacial score (nSPS) is 11.3. The van der Waals surface area contributed by atoms with Crippen molar-refractivity contribution >= 4 is 21.6 Å². The number of alkyl halides is 3. The van der Waals surface area contributed by atoms with Gasteiger partial charge in [-0.05, 0) is 25.1 Å². The van der Waals surface area contributed by atoms with Crippen molar-refractivity contribution in [3.05, 3.63) is 40.4 Å². The fourth-order valence-electron chi connectivity index (χ4n) is 1.15. The molecule has 0 saturated carbocycles. The maximum absolute atomic E-state index is 12.7. The van der Waals surface area contributed by atoms with Crippen molar-refractivity contribution in [1.82, 2.24) is 0 Å². The van der Waals surface area contributed by atoms with E-state index in [0.29, 0.717) is 11.0 Å². The van der Waals surface area contributed by atoms with Gasteiger partial charge in [0.25, 0.3) is 0 Å². The number of rotatable bonds is 3. The molecule has 1 aromatic rings. The number of hydrogen-bond acceptors (Lipinski definition) is 1. The van der Waals surface area contributed by atoms with E-state index in [0.717, 1.165) is 11.6 Å². The van der Waals surface area contributed by atoms with Crippen LogP contribution in [0.5, 0.6) is 0 Å². The summed E-state index contributed by atoms with van der Waals surface area (Å²) in [6.45, 7) is 5.70. The first-order chi connectivity index (χ1) is 7.30. The lowest BCUT2D eigenvalue weighted by atomic mass is 10.1. The molecule has 0 fully saturated rings. The number of benzene rings is 1. The highest BCUT2D eigenvalue weighted by molar-refractivity contribution is 9.10. The Morgan fingerprint density at radius 1 is 1.44 bits per heavy atom. The third-order valence-corrected chi connectivity index (χ3v) is 2.36. The molecule has 1 N–H and O–H groups in total. The summed E-state index contributed by atoms with van der Waals surface area (Å²) in [5, 5.41) is 2.71. The monoisotopic (exact) mass is 293 g/mol. The maximum atomic E-state index is 12.7. The second kappa shape index (κ2) is 4.91. The van der Waals surface area contributed by atoms with E-state index in [-0.39, 0.29) is 5.69 Å². The van der Waals surface area contributed by atoms with Crippen LogP contribution in [0.25, 0.3) is 0 Å². The van der Waals surface area contributed by atoms with Crippen molar-refractivity contribution in [2.24, 2.45) is 0 Å². The molecule has 5 heteroatoms. The third kappa shape index (κ3) is 3.56. The van der Waals surface area contributed by atoms with Gasteiger partial charge < -0.3 is 5.32 Å². The Morgan fingerprint density at radius 3 is 2.56 bits per heavy atom. The average Bonchev–Trinajstić information content (AvgIpc) is 2.14. The van der Waals surface area contributed by atoms with Crippen LogP contribution in [-0.4, -0.2) is 6.54 Å². The fourth-order valence-corrected chi connectivity index (χ4v) is 1.51. The van der Waals surface area contributed by atoms with Crippen LogP contribution in [0.15, 0.2) is 34.8 Å². The van der Waals surface area contributed by atoms with E-state index in [4.69, 9.17) is 0 Å². The molecule has 0 aliphatic carbocycles. The van der Waals surface area contributed by atoms with Gasteiger partial charge in [-0.25, -0.2) is 0 Å². The molecule has 0 aromatic heterocycles. The fraction of sp³-hybridized carbons (Fsp3) is 0.273. The van der Waals surface area contributed by atoms with Crippen molar-refractivity contribution in [2.75, 3.05) is 11.9 Å². The van der Waals surface area contributed by atoms with Crippen LogP contribution in [0.3, 0.4) is 0 Å². The first-order valence-corrected chi connectivity index (χ1v) is 5.35. The lowest BCUT2D eigenvalue weighted by molar-refractivity contribution is -0.137. The van der Waals surface area contributed by atoms with Gasteiger partial charge in [-0.1, -0.05) is 28.1 Å². The van der Waals surface area contributed by atoms with Crippen molar-refractivity contribution in [1.29, 1.82) is 0 Å². The summed E-state index contributed by atoms with van der Waals surface area (Å²) in [5.74, 6) is 0. The average molecular weight is 294 g/mol. The SMILES string of the molecule is C=C(C)CNc1ccc(Br)cc1C(F)(F)F. The molecule has 16 heavy (non-hydrogen) atoms. The standard InChI is InChI=1S/C11H11BrF3N/c1-7(2)6-16-10-4-3-8(12)5-9(10)11(13,14)15/h3-5,16H,1,6H2,2H3. The summed E-state index contributed by atoms with van der Waals surface area (Å²) in [6, 6.07) is 4.02. The predicted octanol–water partition coefficient (Wildman–Crippen LogP) is 4.46. The zero-order valence-corrected chi connectivity index (χ0v) is 10.2. The van der Waals surface area contributed by atoms with E-state index in [2.05, 4.69) is 27.8 Å². The lowest BCUT2D eigenvalue weighted by Gasteiger charge is -2.14. The quantitative estimate of drug-likeness (QED) is 0.812. The zero-order chi connectivity index (χ0) is 12.3. The second-order valence-corrected chi connectivity index (χ2v) is 4.41. The van der Waals surface area contributed by atoms with Crippen molar-refractivity contribution < 1.29 is 13.2 Å². The smallest absolute Gasteiger partial charge is 0.381 e. The molecular weight excluding hydrogens is 283 g/mol. The number of nitrogens with one attached hydrogen (secondary N) is 1. The Balaban J connectivity index is 3.03. The van der Waals surface area contributed by atoms with Gasteiger partial charge in [0.15, 0.2) is 0 Å². The van der Waals surface area contributed by atoms with Crippen molar-refractivity contribution in [3.8, 4) is 0 Å². The van der Waals surface area contributed by atoms with Gasteiger partial charge in [-0.2, -0.15) is 13.2 Å². The number of halogens is 4. The van der Waals surface area contributed by atoms with Gasteiger partial charge >= 0.3 is 6.18 Å². The molecule has 0 unspecified atom stereocenters. The molecule has 0 aliphatic rings. The Labute approximate surface area is 100 Å². The highest BCUT2D eigenvalue weighted by Crippen LogP contribution is 2.36. The first-order valence-electron chi connectivity index (χ1n) is 4.55. The molecule has 0 saturated heterocycles. The molecule has 0 aliphatic heterocycles. The maximum Gasteiger partial charge on any atom is 0.418 e. The third-order valence-electron chi connectivity index (χ3n) is 1.87. The number of hydrogen-bond donors (Lipinski definition) is 1. The van der Waals surface area contributed by atoms with Gasteiger partial charge in [-0.3, -0.25) is 0 Å². The summed E-state index contributed by atoms with van der Waals surface area (Å²) in [5.41, 5.74) is 0.165. The molecule has 1 nitrogen and oxygen atoms in total. The molecular formula is C11H11BrF3N. The van der Waals surface area contributed by atoms with E-state index in [1.807, 2.05) is 0 Å². The molecule has 0 atom stereocenters. The van der Waals surface area contributed by atoms with Crippen LogP contribution in [-0.2, 0) is 6.18 Å². The predicted molar refractivity (Wildman–Crippen MR) is 62.4 cm³/mol. The van der Waals surface area contributed by atoms with Gasteiger partial charge in [0.05, 0.1) is 5.56 Å². The minimum absolute atomic E-state index is 0.0682. The summed E-state index contributed by atoms with van der Waals surface area (Å²) in [4.78, 5) is 0. The zero-order valence-electron chi connectivity index (χ0n) is 8.66. The van der Waals surface area contributed by atoms with E-state index in [9.17, 15) is 13.2 Å². The van der Waals surface area contributed by atoms with Crippen LogP contribution in [0.4, 0.5) is 18.9 Å². The van der Waals surface area contributed by atoms with Crippen molar-refractivity contribution in [2.45, 2.75) is 13.1 Å². The first kappa shape index (κ1) is 13.1. The minimum atomic E-state index is -4.36. The molecule has 1 aromatic carbocycles. The Bertz CT molecular complexity index is 399. The van der Waals surface area contributed by atoms with Crippen LogP contribution in [0.1, 0.15) is 12.5 Å². The minimum Gasteiger partial charge on any atom is -0.381 e. The summed E-state index contributed by atoms with van der Waals surface area (Å²) >= 11 is 3.02. The van der Waals surface area contributed by atoms with Gasteiger partial charge in [0, 0.05) is 16.7 Å². The molecule has 88 valence electrons. The van der Waals surface area contributed by atoms with Crippen LogP contribution < -0.4 is 5.32 Å². The van der Waals surface area contributed by atoms with Gasteiger partial charge in [0.2, 0.25) is 0 Å². The Kier molecular flexibility index (Phi) is 4.02. The highest BCUT2D eigenvalue weighted by atomic mass is 79.9. The van der Waals surface area contributed by atoms with E-state index in [1.54, 1.807) is 13.0 Å². The lowest BCUT2D eigenvalue weighted by Crippen LogP contribution is -2.11. The summed E-state index contributed by atoms with van der Waals surface area (Å²) in [7, 11) is 0. The van der Waals surface area contributed by atoms with Crippen LogP contribution in [0, 0.1) is 0 Å². The summed E-state index contributed by atoms with van der Waals surface area (Å²) < 4.78 is 38.4. The van der Waals surface area contributed by atoms with Gasteiger partial charge in [0.1, 0.15) is 0 Å². The van der Waals surface area contributed by atoms with E-state index in [1.165, 1.54) is 6.07 Å². The Morgan fingerprint density at radius 2 is 2.06 bits per heavy atom. The Hall–Kier alpha value is -0.970. The van der Waals surface area contributed by atoms with E-state index < -0.39 is 11.7 Å². The van der Waals surface area contributed by atoms with Crippen LogP contribution in [0.2, 0.25) is 0 Å². The molecule has 0 bridgehead atoms. The van der Waals surface area contributed by atoms with Crippen LogP contribution >= 0.6 is 15.9 Å². The van der Waals surface area contributed by atoms with E-state index >= 15 is 0 Å².